The van der Waals surface area contributed by atoms with Crippen LogP contribution >= 0.6 is 0 Å². The zero-order valence-corrected chi connectivity index (χ0v) is 6.57. The molecule has 0 aliphatic carbocycles. The van der Waals surface area contributed by atoms with Crippen molar-refractivity contribution in [2.75, 3.05) is 6.54 Å². The number of rotatable bonds is 1. The summed E-state index contributed by atoms with van der Waals surface area (Å²) in [4.78, 5) is 4.22. The smallest absolute Gasteiger partial charge is 0.125 e. The van der Waals surface area contributed by atoms with Crippen molar-refractivity contribution in [1.29, 1.82) is 0 Å². The van der Waals surface area contributed by atoms with Crippen LogP contribution in [0.15, 0.2) is 29.3 Å². The average molecular weight is 162 g/mol. The molecule has 1 aromatic carbocycles. The van der Waals surface area contributed by atoms with E-state index >= 15 is 0 Å². The number of phenolic OH excluding ortho intramolecular Hbond substituents is 1. The standard InChI is InChI=1S/C9H10N2O/c12-8-3-1-7(2-4-8)9-10-5-6-11-9/h1-5,9,11-12H,6H2. The molecule has 2 N–H and O–H groups in total. The van der Waals surface area contributed by atoms with Gasteiger partial charge in [-0.15, -0.1) is 0 Å². The van der Waals surface area contributed by atoms with Gasteiger partial charge in [0.1, 0.15) is 11.9 Å². The number of aromatic hydroxyl groups is 1. The Labute approximate surface area is 70.8 Å². The first-order valence-electron chi connectivity index (χ1n) is 3.90. The fourth-order valence-electron chi connectivity index (χ4n) is 1.24. The molecular formula is C9H10N2O. The molecule has 1 aromatic rings. The summed E-state index contributed by atoms with van der Waals surface area (Å²) in [6.07, 6.45) is 1.93. The van der Waals surface area contributed by atoms with Crippen molar-refractivity contribution < 1.29 is 5.11 Å². The monoisotopic (exact) mass is 162 g/mol. The molecule has 12 heavy (non-hydrogen) atoms. The number of hydrogen-bond acceptors (Lipinski definition) is 3. The number of nitrogens with zero attached hydrogens (tertiary/aromatic N) is 1. The van der Waals surface area contributed by atoms with E-state index in [1.165, 1.54) is 0 Å². The molecule has 0 saturated heterocycles. The van der Waals surface area contributed by atoms with Crippen molar-refractivity contribution >= 4 is 6.21 Å². The van der Waals surface area contributed by atoms with Gasteiger partial charge in [0.25, 0.3) is 0 Å². The van der Waals surface area contributed by atoms with Crippen LogP contribution in [-0.4, -0.2) is 17.9 Å². The molecule has 0 aromatic heterocycles. The minimum atomic E-state index is 0.0746. The highest BCUT2D eigenvalue weighted by Crippen LogP contribution is 2.18. The van der Waals surface area contributed by atoms with Crippen LogP contribution in [0.3, 0.4) is 0 Å². The number of phenols is 1. The molecule has 0 bridgehead atoms. The first-order chi connectivity index (χ1) is 5.86. The lowest BCUT2D eigenvalue weighted by Gasteiger charge is -2.07. The van der Waals surface area contributed by atoms with Crippen molar-refractivity contribution in [2.24, 2.45) is 4.99 Å². The molecule has 0 amide bonds. The van der Waals surface area contributed by atoms with Crippen LogP contribution in [0.1, 0.15) is 11.7 Å². The van der Waals surface area contributed by atoms with Crippen molar-refractivity contribution in [3.8, 4) is 5.75 Å². The lowest BCUT2D eigenvalue weighted by molar-refractivity contribution is 0.474. The maximum absolute atomic E-state index is 9.04. The predicted molar refractivity (Wildman–Crippen MR) is 47.3 cm³/mol. The molecule has 0 radical (unpaired) electrons. The van der Waals surface area contributed by atoms with Crippen molar-refractivity contribution in [2.45, 2.75) is 6.17 Å². The zero-order valence-electron chi connectivity index (χ0n) is 6.57. The van der Waals surface area contributed by atoms with E-state index in [9.17, 15) is 0 Å². The molecule has 2 rings (SSSR count). The second-order valence-corrected chi connectivity index (χ2v) is 2.73. The Bertz CT molecular complexity index is 292. The van der Waals surface area contributed by atoms with Crippen molar-refractivity contribution in [3.05, 3.63) is 29.8 Å². The summed E-state index contributed by atoms with van der Waals surface area (Å²) >= 11 is 0. The molecule has 0 spiro atoms. The number of benzene rings is 1. The van der Waals surface area contributed by atoms with Crippen LogP contribution < -0.4 is 5.32 Å². The molecule has 3 nitrogen and oxygen atoms in total. The van der Waals surface area contributed by atoms with Gasteiger partial charge in [0.15, 0.2) is 0 Å². The second-order valence-electron chi connectivity index (χ2n) is 2.73. The number of hydrogen-bond donors (Lipinski definition) is 2. The molecule has 0 saturated carbocycles. The summed E-state index contributed by atoms with van der Waals surface area (Å²) in [6, 6.07) is 7.08. The maximum Gasteiger partial charge on any atom is 0.125 e. The second kappa shape index (κ2) is 2.95. The van der Waals surface area contributed by atoms with Crippen LogP contribution in [0, 0.1) is 0 Å². The summed E-state index contributed by atoms with van der Waals surface area (Å²) in [6.45, 7) is 0.825. The third-order valence-corrected chi connectivity index (χ3v) is 1.87. The Hall–Kier alpha value is -1.35. The zero-order chi connectivity index (χ0) is 8.39. The van der Waals surface area contributed by atoms with Crippen LogP contribution in [0.25, 0.3) is 0 Å². The van der Waals surface area contributed by atoms with Crippen molar-refractivity contribution in [3.63, 3.8) is 0 Å². The van der Waals surface area contributed by atoms with Gasteiger partial charge in [0.2, 0.25) is 0 Å². The number of aliphatic imine (C=N–C) groups is 1. The van der Waals surface area contributed by atoms with Gasteiger partial charge in [-0.1, -0.05) is 12.1 Å². The normalized spacial score (nSPS) is 21.5. The highest BCUT2D eigenvalue weighted by molar-refractivity contribution is 5.62. The summed E-state index contributed by atoms with van der Waals surface area (Å²) in [7, 11) is 0. The van der Waals surface area contributed by atoms with E-state index in [2.05, 4.69) is 10.3 Å². The van der Waals surface area contributed by atoms with Crippen molar-refractivity contribution in [1.82, 2.24) is 5.32 Å². The Morgan fingerprint density at radius 1 is 1.33 bits per heavy atom. The fourth-order valence-corrected chi connectivity index (χ4v) is 1.24. The highest BCUT2D eigenvalue weighted by Gasteiger charge is 2.10. The van der Waals surface area contributed by atoms with E-state index in [-0.39, 0.29) is 6.17 Å². The van der Waals surface area contributed by atoms with Gasteiger partial charge >= 0.3 is 0 Å². The first kappa shape index (κ1) is 7.31. The maximum atomic E-state index is 9.04. The Kier molecular flexibility index (Phi) is 1.80. The van der Waals surface area contributed by atoms with Gasteiger partial charge in [-0.25, -0.2) is 0 Å². The Morgan fingerprint density at radius 2 is 2.08 bits per heavy atom. The third kappa shape index (κ3) is 1.31. The molecule has 3 heteroatoms. The van der Waals surface area contributed by atoms with Crippen LogP contribution in [0.2, 0.25) is 0 Å². The van der Waals surface area contributed by atoms with Crippen LogP contribution in [-0.2, 0) is 0 Å². The molecule has 1 aliphatic rings. The lowest BCUT2D eigenvalue weighted by Crippen LogP contribution is -2.13. The summed E-state index contributed by atoms with van der Waals surface area (Å²) in [5.74, 6) is 0.292. The van der Waals surface area contributed by atoms with Gasteiger partial charge in [0, 0.05) is 12.8 Å². The van der Waals surface area contributed by atoms with E-state index in [1.807, 2.05) is 18.3 Å². The van der Waals surface area contributed by atoms with Crippen LogP contribution in [0.5, 0.6) is 5.75 Å². The minimum absolute atomic E-state index is 0.0746. The van der Waals surface area contributed by atoms with E-state index in [0.717, 1.165) is 12.1 Å². The van der Waals surface area contributed by atoms with E-state index in [0.29, 0.717) is 5.75 Å². The molecule has 1 atom stereocenters. The predicted octanol–water partition coefficient (Wildman–Crippen LogP) is 1.06. The third-order valence-electron chi connectivity index (χ3n) is 1.87. The van der Waals surface area contributed by atoms with E-state index in [4.69, 9.17) is 5.11 Å². The molecule has 1 aliphatic heterocycles. The summed E-state index contributed by atoms with van der Waals surface area (Å²) in [5, 5.41) is 12.2. The summed E-state index contributed by atoms with van der Waals surface area (Å²) < 4.78 is 0. The quantitative estimate of drug-likeness (QED) is 0.648. The molecule has 1 unspecified atom stereocenters. The molecule has 0 fully saturated rings. The topological polar surface area (TPSA) is 44.6 Å². The lowest BCUT2D eigenvalue weighted by atomic mass is 10.2. The fraction of sp³-hybridized carbons (Fsp3) is 0.222. The first-order valence-corrected chi connectivity index (χ1v) is 3.90. The van der Waals surface area contributed by atoms with E-state index < -0.39 is 0 Å². The largest absolute Gasteiger partial charge is 0.508 e. The average Bonchev–Trinajstić information content (AvgIpc) is 2.58. The van der Waals surface area contributed by atoms with Crippen LogP contribution in [0.4, 0.5) is 0 Å². The van der Waals surface area contributed by atoms with E-state index in [1.54, 1.807) is 12.1 Å². The molecular weight excluding hydrogens is 152 g/mol. The van der Waals surface area contributed by atoms with Gasteiger partial charge in [-0.3, -0.25) is 10.3 Å². The van der Waals surface area contributed by atoms with Gasteiger partial charge < -0.3 is 5.11 Å². The van der Waals surface area contributed by atoms with Gasteiger partial charge in [-0.2, -0.15) is 0 Å². The number of nitrogens with one attached hydrogen (secondary N) is 1. The van der Waals surface area contributed by atoms with Gasteiger partial charge in [-0.05, 0) is 17.7 Å². The molecule has 1 heterocycles. The highest BCUT2D eigenvalue weighted by atomic mass is 16.3. The summed E-state index contributed by atoms with van der Waals surface area (Å²) in [5.41, 5.74) is 1.08. The Morgan fingerprint density at radius 3 is 2.67 bits per heavy atom. The SMILES string of the molecule is Oc1ccc(C2N=CCN2)cc1. The minimum Gasteiger partial charge on any atom is -0.508 e. The Balaban J connectivity index is 2.23. The van der Waals surface area contributed by atoms with Gasteiger partial charge in [0.05, 0.1) is 0 Å². The molecule has 62 valence electrons.